The van der Waals surface area contributed by atoms with Crippen LogP contribution in [0.5, 0.6) is 0 Å². The molecule has 8 nitrogen and oxygen atoms in total. The second-order valence-corrected chi connectivity index (χ2v) is 23.1. The SMILES string of the molecule is CC(C)(C)[Si](OC[C@@H]1CN(CC2CCCCCCC2)CC[C@H]1n1c(=O)n(C[C@@H]2CCCN2C(=O)OCc2ccccc2)c2ccccc21)(c1ccccc1)c1ccccc1. The van der Waals surface area contributed by atoms with E-state index in [1.807, 2.05) is 45.9 Å². The van der Waals surface area contributed by atoms with E-state index in [4.69, 9.17) is 9.16 Å². The molecule has 3 aliphatic rings. The molecule has 60 heavy (non-hydrogen) atoms. The monoisotopic (exact) mass is 826 g/mol. The summed E-state index contributed by atoms with van der Waals surface area (Å²) in [6.07, 6.45) is 11.7. The van der Waals surface area contributed by atoms with Gasteiger partial charge in [-0.1, -0.05) is 156 Å². The Labute approximate surface area is 358 Å². The number of aromatic nitrogens is 2. The van der Waals surface area contributed by atoms with E-state index in [0.717, 1.165) is 61.4 Å². The first-order valence-electron chi connectivity index (χ1n) is 22.9. The molecule has 4 aromatic carbocycles. The van der Waals surface area contributed by atoms with Gasteiger partial charge in [0.1, 0.15) is 6.61 Å². The van der Waals surface area contributed by atoms with Gasteiger partial charge in [-0.2, -0.15) is 0 Å². The van der Waals surface area contributed by atoms with Gasteiger partial charge in [0.15, 0.2) is 0 Å². The number of likely N-dealkylation sites (tertiary alicyclic amines) is 2. The van der Waals surface area contributed by atoms with E-state index in [-0.39, 0.29) is 41.4 Å². The summed E-state index contributed by atoms with van der Waals surface area (Å²) in [7, 11) is -2.83. The van der Waals surface area contributed by atoms with Crippen molar-refractivity contribution < 1.29 is 14.0 Å². The molecule has 1 saturated carbocycles. The van der Waals surface area contributed by atoms with Crippen molar-refractivity contribution in [2.45, 2.75) is 115 Å². The lowest BCUT2D eigenvalue weighted by Crippen LogP contribution is -2.67. The quantitative estimate of drug-likeness (QED) is 0.117. The van der Waals surface area contributed by atoms with Crippen molar-refractivity contribution in [1.82, 2.24) is 18.9 Å². The van der Waals surface area contributed by atoms with E-state index in [9.17, 15) is 4.79 Å². The van der Waals surface area contributed by atoms with E-state index in [1.54, 1.807) is 0 Å². The third-order valence-corrected chi connectivity index (χ3v) is 18.9. The molecule has 1 amide bonds. The van der Waals surface area contributed by atoms with Crippen LogP contribution in [0.4, 0.5) is 4.79 Å². The Bertz CT molecular complexity index is 2150. The minimum atomic E-state index is -2.83. The van der Waals surface area contributed by atoms with Crippen molar-refractivity contribution in [3.63, 3.8) is 0 Å². The molecule has 0 spiro atoms. The highest BCUT2D eigenvalue weighted by atomic mass is 28.4. The lowest BCUT2D eigenvalue weighted by molar-refractivity contribution is 0.0685. The molecule has 1 aromatic heterocycles. The summed E-state index contributed by atoms with van der Waals surface area (Å²) in [6.45, 7) is 11.9. The van der Waals surface area contributed by atoms with Crippen molar-refractivity contribution in [3.8, 4) is 0 Å². The number of para-hydroxylation sites is 2. The zero-order chi connectivity index (χ0) is 41.5. The summed E-state index contributed by atoms with van der Waals surface area (Å²) >= 11 is 0. The highest BCUT2D eigenvalue weighted by molar-refractivity contribution is 6.99. The topological polar surface area (TPSA) is 68.9 Å². The van der Waals surface area contributed by atoms with Crippen LogP contribution in [-0.2, 0) is 22.3 Å². The molecule has 3 heterocycles. The smallest absolute Gasteiger partial charge is 0.410 e. The largest absolute Gasteiger partial charge is 0.445 e. The van der Waals surface area contributed by atoms with Crippen molar-refractivity contribution in [2.75, 3.05) is 32.8 Å². The van der Waals surface area contributed by atoms with Gasteiger partial charge < -0.3 is 19.0 Å². The number of carbonyl (C=O) groups is 1. The van der Waals surface area contributed by atoms with Gasteiger partial charge in [0.25, 0.3) is 8.32 Å². The van der Waals surface area contributed by atoms with Crippen LogP contribution in [0.1, 0.15) is 96.6 Å². The number of benzene rings is 4. The Hall–Kier alpha value is -4.44. The molecular formula is C51H66N4O4Si. The van der Waals surface area contributed by atoms with Gasteiger partial charge >= 0.3 is 11.8 Å². The van der Waals surface area contributed by atoms with Gasteiger partial charge in [-0.15, -0.1) is 0 Å². The summed E-state index contributed by atoms with van der Waals surface area (Å²) in [5, 5.41) is 2.40. The standard InChI is InChI=1S/C51H66N4O4Si/c1-51(2,3)60(44-26-14-8-15-27-44,45-28-16-9-17-29-45)59-39-42-36-52(35-40-21-10-5-4-6-11-22-40)34-32-46(42)55-48-31-19-18-30-47(48)54(49(55)56)37-43-25-20-33-53(43)50(57)58-38-41-23-12-7-13-24-41/h7-9,12-19,23-24,26-31,40,42-43,46H,4-6,10-11,20-22,25,32-39H2,1-3H3/t42-,43-,46+/m0/s1. The summed E-state index contributed by atoms with van der Waals surface area (Å²) in [5.74, 6) is 0.820. The van der Waals surface area contributed by atoms with Gasteiger partial charge in [-0.05, 0) is 71.1 Å². The molecule has 9 heteroatoms. The van der Waals surface area contributed by atoms with E-state index in [0.29, 0.717) is 19.7 Å². The minimum Gasteiger partial charge on any atom is -0.445 e. The molecule has 5 aromatic rings. The third-order valence-electron chi connectivity index (χ3n) is 13.9. The zero-order valence-electron chi connectivity index (χ0n) is 36.2. The van der Waals surface area contributed by atoms with Crippen molar-refractivity contribution in [2.24, 2.45) is 11.8 Å². The highest BCUT2D eigenvalue weighted by Gasteiger charge is 2.51. The Morgan fingerprint density at radius 1 is 0.683 bits per heavy atom. The molecule has 0 unspecified atom stereocenters. The maximum atomic E-state index is 15.1. The average molecular weight is 827 g/mol. The van der Waals surface area contributed by atoms with Gasteiger partial charge in [-0.3, -0.25) is 9.13 Å². The Morgan fingerprint density at radius 3 is 1.93 bits per heavy atom. The highest BCUT2D eigenvalue weighted by Crippen LogP contribution is 2.39. The van der Waals surface area contributed by atoms with Crippen LogP contribution in [0.15, 0.2) is 120 Å². The molecule has 2 saturated heterocycles. The zero-order valence-corrected chi connectivity index (χ0v) is 37.2. The Morgan fingerprint density at radius 2 is 1.28 bits per heavy atom. The Balaban J connectivity index is 1.12. The predicted molar refractivity (Wildman–Crippen MR) is 246 cm³/mol. The van der Waals surface area contributed by atoms with Crippen molar-refractivity contribution >= 4 is 35.8 Å². The number of ether oxygens (including phenoxy) is 1. The van der Waals surface area contributed by atoms with Crippen LogP contribution in [0.3, 0.4) is 0 Å². The number of hydrogen-bond donors (Lipinski definition) is 0. The van der Waals surface area contributed by atoms with Gasteiger partial charge in [-0.25, -0.2) is 9.59 Å². The van der Waals surface area contributed by atoms with Crippen LogP contribution in [0, 0.1) is 11.8 Å². The Kier molecular flexibility index (Phi) is 13.4. The number of nitrogens with zero attached hydrogens (tertiary/aromatic N) is 4. The maximum Gasteiger partial charge on any atom is 0.410 e. The molecule has 318 valence electrons. The van der Waals surface area contributed by atoms with Gasteiger partial charge in [0.05, 0.1) is 17.1 Å². The fraction of sp³-hybridized carbons (Fsp3) is 0.490. The van der Waals surface area contributed by atoms with Crippen LogP contribution < -0.4 is 16.1 Å². The van der Waals surface area contributed by atoms with E-state index in [1.165, 1.54) is 55.3 Å². The number of piperidine rings is 1. The number of amides is 1. The molecule has 3 fully saturated rings. The van der Waals surface area contributed by atoms with E-state index < -0.39 is 8.32 Å². The van der Waals surface area contributed by atoms with E-state index >= 15 is 4.79 Å². The minimum absolute atomic E-state index is 0.00891. The number of imidazole rings is 1. The third kappa shape index (κ3) is 9.09. The van der Waals surface area contributed by atoms with Gasteiger partial charge in [0.2, 0.25) is 0 Å². The normalized spacial score (nSPS) is 21.2. The van der Waals surface area contributed by atoms with Crippen LogP contribution in [0.25, 0.3) is 11.0 Å². The number of fused-ring (bicyclic) bond motifs is 1. The van der Waals surface area contributed by atoms with Crippen molar-refractivity contribution in [1.29, 1.82) is 0 Å². The molecular weight excluding hydrogens is 761 g/mol. The fourth-order valence-electron chi connectivity index (χ4n) is 10.9. The first-order chi connectivity index (χ1) is 29.2. The van der Waals surface area contributed by atoms with Crippen LogP contribution in [-0.4, -0.2) is 72.2 Å². The summed E-state index contributed by atoms with van der Waals surface area (Å²) < 4.78 is 17.6. The number of hydrogen-bond acceptors (Lipinski definition) is 5. The average Bonchev–Trinajstić information content (AvgIpc) is 3.83. The molecule has 2 aliphatic heterocycles. The first kappa shape index (κ1) is 42.3. The maximum absolute atomic E-state index is 15.1. The molecule has 8 rings (SSSR count). The number of carbonyl (C=O) groups excluding carboxylic acids is 1. The second-order valence-electron chi connectivity index (χ2n) is 18.8. The summed E-state index contributed by atoms with van der Waals surface area (Å²) in [4.78, 5) is 33.2. The van der Waals surface area contributed by atoms with Gasteiger partial charge in [0, 0.05) is 51.3 Å². The predicted octanol–water partition coefficient (Wildman–Crippen LogP) is 9.40. The molecule has 0 N–H and O–H groups in total. The lowest BCUT2D eigenvalue weighted by atomic mass is 9.88. The first-order valence-corrected chi connectivity index (χ1v) is 24.8. The number of rotatable bonds is 12. The lowest BCUT2D eigenvalue weighted by Gasteiger charge is -2.46. The van der Waals surface area contributed by atoms with Crippen molar-refractivity contribution in [3.05, 3.63) is 131 Å². The fourth-order valence-corrected chi connectivity index (χ4v) is 15.5. The van der Waals surface area contributed by atoms with Crippen LogP contribution in [0.2, 0.25) is 5.04 Å². The molecule has 0 bridgehead atoms. The second kappa shape index (κ2) is 19.1. The van der Waals surface area contributed by atoms with E-state index in [2.05, 4.69) is 109 Å². The summed E-state index contributed by atoms with van der Waals surface area (Å²) in [6, 6.07) is 39.8. The molecule has 3 atom stereocenters. The molecule has 0 radical (unpaired) electrons. The molecule has 1 aliphatic carbocycles. The summed E-state index contributed by atoms with van der Waals surface area (Å²) in [5.41, 5.74) is 2.86. The van der Waals surface area contributed by atoms with Crippen LogP contribution >= 0.6 is 0 Å².